The number of morpholine rings is 1. The van der Waals surface area contributed by atoms with E-state index in [0.717, 1.165) is 43.2 Å². The first-order valence-electron chi connectivity index (χ1n) is 10.2. The van der Waals surface area contributed by atoms with Gasteiger partial charge in [0.1, 0.15) is 0 Å². The molecule has 0 unspecified atom stereocenters. The predicted octanol–water partition coefficient (Wildman–Crippen LogP) is 2.72. The first-order chi connectivity index (χ1) is 13.4. The zero-order chi connectivity index (χ0) is 19.8. The molecule has 3 heterocycles. The first kappa shape index (κ1) is 19.2. The fourth-order valence-corrected chi connectivity index (χ4v) is 4.35. The minimum Gasteiger partial charge on any atom is -0.375 e. The largest absolute Gasteiger partial charge is 0.375 e. The van der Waals surface area contributed by atoms with E-state index < -0.39 is 0 Å². The lowest BCUT2D eigenvalue weighted by Gasteiger charge is -2.36. The van der Waals surface area contributed by atoms with Crippen molar-refractivity contribution < 1.29 is 9.53 Å². The number of nitrogens with zero attached hydrogens (tertiary/aromatic N) is 3. The number of fused-ring (bicyclic) bond motifs is 1. The average molecular weight is 383 g/mol. The molecule has 1 amide bonds. The number of aryl methyl sites for hydroxylation is 2. The summed E-state index contributed by atoms with van der Waals surface area (Å²) < 4.78 is 7.89. The van der Waals surface area contributed by atoms with Crippen molar-refractivity contribution in [2.75, 3.05) is 19.7 Å². The van der Waals surface area contributed by atoms with Crippen molar-refractivity contribution in [2.45, 2.75) is 52.3 Å². The summed E-state index contributed by atoms with van der Waals surface area (Å²) in [6, 6.07) is 10.3. The summed E-state index contributed by atoms with van der Waals surface area (Å²) >= 11 is 0. The third-order valence-corrected chi connectivity index (χ3v) is 5.89. The van der Waals surface area contributed by atoms with Crippen molar-refractivity contribution in [1.29, 1.82) is 0 Å². The van der Waals surface area contributed by atoms with Crippen molar-refractivity contribution in [3.8, 4) is 5.69 Å². The zero-order valence-electron chi connectivity index (χ0n) is 17.2. The van der Waals surface area contributed by atoms with E-state index in [4.69, 9.17) is 4.74 Å². The van der Waals surface area contributed by atoms with Crippen LogP contribution in [0, 0.1) is 19.8 Å². The van der Waals surface area contributed by atoms with Crippen LogP contribution in [-0.4, -0.2) is 58.5 Å². The van der Waals surface area contributed by atoms with Gasteiger partial charge in [0, 0.05) is 36.4 Å². The van der Waals surface area contributed by atoms with Crippen molar-refractivity contribution >= 4 is 5.91 Å². The topological polar surface area (TPSA) is 59.4 Å². The number of nitrogens with one attached hydrogen (secondary N) is 1. The van der Waals surface area contributed by atoms with Crippen LogP contribution in [0.4, 0.5) is 0 Å². The quantitative estimate of drug-likeness (QED) is 0.883. The van der Waals surface area contributed by atoms with Gasteiger partial charge >= 0.3 is 0 Å². The molecule has 0 radical (unpaired) electrons. The van der Waals surface area contributed by atoms with E-state index in [2.05, 4.69) is 29.2 Å². The maximum atomic E-state index is 12.9. The lowest BCUT2D eigenvalue weighted by Crippen LogP contribution is -2.48. The molecule has 28 heavy (non-hydrogen) atoms. The number of aromatic nitrogens is 2. The van der Waals surface area contributed by atoms with Crippen LogP contribution in [0.15, 0.2) is 30.3 Å². The minimum atomic E-state index is -0.0189. The van der Waals surface area contributed by atoms with E-state index in [9.17, 15) is 4.79 Å². The summed E-state index contributed by atoms with van der Waals surface area (Å²) in [6.45, 7) is 11.0. The molecule has 0 bridgehead atoms. The van der Waals surface area contributed by atoms with Crippen LogP contribution in [0.2, 0.25) is 0 Å². The van der Waals surface area contributed by atoms with Crippen molar-refractivity contribution in [3.63, 3.8) is 0 Å². The number of rotatable bonds is 4. The molecule has 2 aliphatic rings. The summed E-state index contributed by atoms with van der Waals surface area (Å²) in [5.74, 6) is 0.501. The van der Waals surface area contributed by atoms with Crippen LogP contribution in [0.3, 0.4) is 0 Å². The Bertz CT molecular complexity index is 860. The molecule has 1 N–H and O–H groups in total. The molecule has 0 spiro atoms. The van der Waals surface area contributed by atoms with Crippen molar-refractivity contribution in [3.05, 3.63) is 47.3 Å². The number of hydrogen-bond donors (Lipinski definition) is 1. The highest BCUT2D eigenvalue weighted by Gasteiger charge is 2.38. The maximum absolute atomic E-state index is 12.9. The molecule has 3 atom stereocenters. The fourth-order valence-electron chi connectivity index (χ4n) is 4.35. The Morgan fingerprint density at radius 1 is 1.25 bits per heavy atom. The molecular weight excluding hydrogens is 352 g/mol. The summed E-state index contributed by atoms with van der Waals surface area (Å²) in [6.07, 6.45) is 1.25. The Kier molecular flexibility index (Phi) is 5.25. The normalized spacial score (nSPS) is 25.1. The summed E-state index contributed by atoms with van der Waals surface area (Å²) in [7, 11) is 0. The lowest BCUT2D eigenvalue weighted by molar-refractivity contribution is -0.0683. The summed E-state index contributed by atoms with van der Waals surface area (Å²) in [5, 5.41) is 7.75. The van der Waals surface area contributed by atoms with E-state index >= 15 is 0 Å². The highest BCUT2D eigenvalue weighted by atomic mass is 16.5. The van der Waals surface area contributed by atoms with E-state index in [1.807, 2.05) is 48.9 Å². The Labute approximate surface area is 166 Å². The van der Waals surface area contributed by atoms with Gasteiger partial charge < -0.3 is 10.1 Å². The predicted molar refractivity (Wildman–Crippen MR) is 109 cm³/mol. The van der Waals surface area contributed by atoms with E-state index in [1.165, 1.54) is 0 Å². The molecule has 2 fully saturated rings. The van der Waals surface area contributed by atoms with Crippen LogP contribution >= 0.6 is 0 Å². The molecule has 2 aromatic rings. The third-order valence-electron chi connectivity index (χ3n) is 5.89. The van der Waals surface area contributed by atoms with Gasteiger partial charge in [0.25, 0.3) is 5.91 Å². The van der Waals surface area contributed by atoms with Crippen LogP contribution in [-0.2, 0) is 4.74 Å². The van der Waals surface area contributed by atoms with Gasteiger partial charge in [0.05, 0.1) is 24.1 Å². The molecule has 2 aliphatic heterocycles. The second-order valence-corrected chi connectivity index (χ2v) is 8.52. The average Bonchev–Trinajstić information content (AvgIpc) is 3.22. The Morgan fingerprint density at radius 2 is 2.07 bits per heavy atom. The highest BCUT2D eigenvalue weighted by Crippen LogP contribution is 2.26. The van der Waals surface area contributed by atoms with E-state index in [0.29, 0.717) is 23.6 Å². The number of ether oxygens (including phenoxy) is 1. The minimum absolute atomic E-state index is 0.0189. The molecule has 4 rings (SSSR count). The molecular formula is C22H30N4O2. The van der Waals surface area contributed by atoms with Gasteiger partial charge in [-0.1, -0.05) is 19.9 Å². The van der Waals surface area contributed by atoms with Crippen molar-refractivity contribution in [2.24, 2.45) is 5.92 Å². The molecule has 150 valence electrons. The van der Waals surface area contributed by atoms with Crippen molar-refractivity contribution in [1.82, 2.24) is 20.0 Å². The molecule has 1 aromatic carbocycles. The van der Waals surface area contributed by atoms with Crippen LogP contribution in [0.1, 0.15) is 42.0 Å². The summed E-state index contributed by atoms with van der Waals surface area (Å²) in [5.41, 5.74) is 3.61. The molecule has 0 saturated carbocycles. The van der Waals surface area contributed by atoms with Crippen LogP contribution < -0.4 is 5.32 Å². The number of benzene rings is 1. The Morgan fingerprint density at radius 3 is 2.79 bits per heavy atom. The smallest absolute Gasteiger partial charge is 0.251 e. The van der Waals surface area contributed by atoms with Gasteiger partial charge in [0.2, 0.25) is 0 Å². The zero-order valence-corrected chi connectivity index (χ0v) is 17.2. The number of hydrogen-bond acceptors (Lipinski definition) is 4. The van der Waals surface area contributed by atoms with Gasteiger partial charge in [-0.05, 0) is 50.5 Å². The van der Waals surface area contributed by atoms with Gasteiger partial charge in [0.15, 0.2) is 0 Å². The second-order valence-electron chi connectivity index (χ2n) is 8.52. The molecule has 1 aromatic heterocycles. The maximum Gasteiger partial charge on any atom is 0.251 e. The molecule has 2 saturated heterocycles. The van der Waals surface area contributed by atoms with E-state index in [1.54, 1.807) is 0 Å². The highest BCUT2D eigenvalue weighted by molar-refractivity contribution is 5.95. The number of carbonyl (C=O) groups excluding carboxylic acids is 1. The fraction of sp³-hybridized carbons (Fsp3) is 0.545. The van der Waals surface area contributed by atoms with Gasteiger partial charge in [-0.3, -0.25) is 9.69 Å². The van der Waals surface area contributed by atoms with Crippen LogP contribution in [0.25, 0.3) is 5.69 Å². The third kappa shape index (κ3) is 3.84. The van der Waals surface area contributed by atoms with E-state index in [-0.39, 0.29) is 11.9 Å². The van der Waals surface area contributed by atoms with Gasteiger partial charge in [-0.25, -0.2) is 4.68 Å². The molecule has 6 heteroatoms. The Hall–Kier alpha value is -2.18. The number of amides is 1. The van der Waals surface area contributed by atoms with Crippen LogP contribution in [0.5, 0.6) is 0 Å². The standard InChI is InChI=1S/C22H30N4O2/c1-14(2)21-12-25-11-18(10-20(25)13-28-21)23-22(27)17-6-5-7-19(9-17)26-16(4)8-15(3)24-26/h5-9,14,18,20-21H,10-13H2,1-4H3,(H,23,27)/t18-,20+,21-/m1/s1. The lowest BCUT2D eigenvalue weighted by atomic mass is 10.0. The van der Waals surface area contributed by atoms with Gasteiger partial charge in [-0.15, -0.1) is 0 Å². The Balaban J connectivity index is 1.42. The second kappa shape index (κ2) is 7.68. The van der Waals surface area contributed by atoms with Gasteiger partial charge in [-0.2, -0.15) is 5.10 Å². The first-order valence-corrected chi connectivity index (χ1v) is 10.2. The SMILES string of the molecule is Cc1cc(C)n(-c2cccc(C(=O)N[C@@H]3C[C@H]4CO[C@@H](C(C)C)CN4C3)c2)n1. The monoisotopic (exact) mass is 382 g/mol. The molecule has 0 aliphatic carbocycles. The summed E-state index contributed by atoms with van der Waals surface area (Å²) in [4.78, 5) is 15.3. The number of carbonyl (C=O) groups is 1. The molecule has 6 nitrogen and oxygen atoms in total.